The summed E-state index contributed by atoms with van der Waals surface area (Å²) in [5.74, 6) is -2.06. The summed E-state index contributed by atoms with van der Waals surface area (Å²) in [6.07, 6.45) is 0.114. The number of aliphatic carboxylic acids is 1. The zero-order valence-electron chi connectivity index (χ0n) is 18.2. The van der Waals surface area contributed by atoms with Gasteiger partial charge >= 0.3 is 11.6 Å². The fourth-order valence-corrected chi connectivity index (χ4v) is 3.24. The molecule has 172 valence electrons. The first-order chi connectivity index (χ1) is 15.7. The second-order valence-corrected chi connectivity index (χ2v) is 7.57. The fraction of sp³-hybridized carbons (Fsp3) is 0.250. The number of hydrogen-bond donors (Lipinski definition) is 3. The van der Waals surface area contributed by atoms with Gasteiger partial charge in [-0.25, -0.2) is 9.59 Å². The van der Waals surface area contributed by atoms with Crippen LogP contribution >= 0.6 is 0 Å². The van der Waals surface area contributed by atoms with Crippen molar-refractivity contribution in [2.75, 3.05) is 6.61 Å². The SMILES string of the molecule is Cc1cc(=O)oc2cc(OCC(=O)N[C@@H](C)C(=O)N[C@@H](Cc3ccccc3)C(=O)O)ccc12. The first-order valence-electron chi connectivity index (χ1n) is 10.3. The molecule has 0 unspecified atom stereocenters. The van der Waals surface area contributed by atoms with Gasteiger partial charge in [0.15, 0.2) is 6.61 Å². The second-order valence-electron chi connectivity index (χ2n) is 7.57. The first kappa shape index (κ1) is 23.5. The quantitative estimate of drug-likeness (QED) is 0.421. The van der Waals surface area contributed by atoms with Crippen molar-refractivity contribution in [3.05, 3.63) is 76.1 Å². The van der Waals surface area contributed by atoms with Gasteiger partial charge in [-0.3, -0.25) is 9.59 Å². The minimum Gasteiger partial charge on any atom is -0.484 e. The number of rotatable bonds is 9. The van der Waals surface area contributed by atoms with Crippen molar-refractivity contribution in [3.63, 3.8) is 0 Å². The molecule has 9 heteroatoms. The zero-order valence-corrected chi connectivity index (χ0v) is 18.2. The van der Waals surface area contributed by atoms with Gasteiger partial charge in [0.1, 0.15) is 23.4 Å². The zero-order chi connectivity index (χ0) is 24.0. The van der Waals surface area contributed by atoms with Crippen LogP contribution in [0.2, 0.25) is 0 Å². The van der Waals surface area contributed by atoms with E-state index < -0.39 is 35.5 Å². The number of carbonyl (C=O) groups is 3. The third-order valence-electron chi connectivity index (χ3n) is 4.96. The van der Waals surface area contributed by atoms with E-state index in [2.05, 4.69) is 10.6 Å². The highest BCUT2D eigenvalue weighted by molar-refractivity contribution is 5.90. The Balaban J connectivity index is 1.54. The molecule has 0 saturated carbocycles. The lowest BCUT2D eigenvalue weighted by Crippen LogP contribution is -2.51. The molecule has 1 aromatic heterocycles. The molecule has 1 heterocycles. The number of carboxylic acids is 1. The van der Waals surface area contributed by atoms with Crippen LogP contribution in [0.1, 0.15) is 18.1 Å². The molecule has 3 aromatic rings. The summed E-state index contributed by atoms with van der Waals surface area (Å²) >= 11 is 0. The molecule has 33 heavy (non-hydrogen) atoms. The van der Waals surface area contributed by atoms with Crippen molar-refractivity contribution in [1.82, 2.24) is 10.6 Å². The minimum atomic E-state index is -1.17. The Hall–Kier alpha value is -4.14. The number of nitrogens with one attached hydrogen (secondary N) is 2. The van der Waals surface area contributed by atoms with Gasteiger partial charge in [-0.05, 0) is 37.1 Å². The van der Waals surface area contributed by atoms with Crippen LogP contribution in [0.5, 0.6) is 5.75 Å². The van der Waals surface area contributed by atoms with E-state index in [1.807, 2.05) is 6.07 Å². The third-order valence-corrected chi connectivity index (χ3v) is 4.96. The number of carbonyl (C=O) groups excluding carboxylic acids is 2. The molecule has 0 aliphatic carbocycles. The molecule has 0 bridgehead atoms. The lowest BCUT2D eigenvalue weighted by Gasteiger charge is -2.19. The van der Waals surface area contributed by atoms with Crippen molar-refractivity contribution in [2.45, 2.75) is 32.4 Å². The maximum Gasteiger partial charge on any atom is 0.336 e. The summed E-state index contributed by atoms with van der Waals surface area (Å²) in [6, 6.07) is 13.1. The molecule has 0 spiro atoms. The van der Waals surface area contributed by atoms with Crippen molar-refractivity contribution < 1.29 is 28.6 Å². The van der Waals surface area contributed by atoms with Crippen LogP contribution in [0.15, 0.2) is 63.8 Å². The summed E-state index contributed by atoms with van der Waals surface area (Å²) in [5.41, 5.74) is 1.37. The molecular weight excluding hydrogens is 428 g/mol. The molecule has 3 rings (SSSR count). The topological polar surface area (TPSA) is 135 Å². The van der Waals surface area contributed by atoms with Gasteiger partial charge in [-0.2, -0.15) is 0 Å². The van der Waals surface area contributed by atoms with Crippen LogP contribution in [0.25, 0.3) is 11.0 Å². The number of fused-ring (bicyclic) bond motifs is 1. The van der Waals surface area contributed by atoms with E-state index in [9.17, 15) is 24.3 Å². The summed E-state index contributed by atoms with van der Waals surface area (Å²) in [4.78, 5) is 47.7. The van der Waals surface area contributed by atoms with E-state index in [0.717, 1.165) is 16.5 Å². The molecule has 2 atom stereocenters. The summed E-state index contributed by atoms with van der Waals surface area (Å²) in [5, 5.41) is 15.1. The minimum absolute atomic E-state index is 0.114. The van der Waals surface area contributed by atoms with E-state index in [1.165, 1.54) is 19.1 Å². The molecule has 0 radical (unpaired) electrons. The molecule has 0 aliphatic heterocycles. The average molecular weight is 452 g/mol. The third kappa shape index (κ3) is 6.42. The molecule has 2 amide bonds. The highest BCUT2D eigenvalue weighted by Gasteiger charge is 2.24. The molecule has 0 fully saturated rings. The Morgan fingerprint density at radius 2 is 1.79 bits per heavy atom. The van der Waals surface area contributed by atoms with Crippen LogP contribution < -0.4 is 21.0 Å². The smallest absolute Gasteiger partial charge is 0.336 e. The molecule has 3 N–H and O–H groups in total. The monoisotopic (exact) mass is 452 g/mol. The van der Waals surface area contributed by atoms with Gasteiger partial charge in [0.05, 0.1) is 0 Å². The van der Waals surface area contributed by atoms with Crippen molar-refractivity contribution >= 4 is 28.8 Å². The number of benzene rings is 2. The van der Waals surface area contributed by atoms with E-state index in [0.29, 0.717) is 11.3 Å². The number of hydrogen-bond acceptors (Lipinski definition) is 6. The maximum atomic E-state index is 12.4. The second kappa shape index (κ2) is 10.4. The Bertz CT molecular complexity index is 1220. The Morgan fingerprint density at radius 3 is 2.48 bits per heavy atom. The van der Waals surface area contributed by atoms with Crippen LogP contribution in [0.4, 0.5) is 0 Å². The summed E-state index contributed by atoms with van der Waals surface area (Å²) < 4.78 is 10.6. The predicted octanol–water partition coefficient (Wildman–Crippen LogP) is 1.80. The first-order valence-corrected chi connectivity index (χ1v) is 10.3. The van der Waals surface area contributed by atoms with Crippen molar-refractivity contribution in [2.24, 2.45) is 0 Å². The van der Waals surface area contributed by atoms with E-state index >= 15 is 0 Å². The predicted molar refractivity (Wildman–Crippen MR) is 120 cm³/mol. The van der Waals surface area contributed by atoms with Gasteiger partial charge < -0.3 is 24.9 Å². The highest BCUT2D eigenvalue weighted by atomic mass is 16.5. The van der Waals surface area contributed by atoms with Crippen LogP contribution in [-0.4, -0.2) is 41.6 Å². The molecule has 9 nitrogen and oxygen atoms in total. The van der Waals surface area contributed by atoms with Gasteiger partial charge in [-0.15, -0.1) is 0 Å². The lowest BCUT2D eigenvalue weighted by atomic mass is 10.1. The van der Waals surface area contributed by atoms with Gasteiger partial charge in [0.25, 0.3) is 5.91 Å². The standard InChI is InChI=1S/C24H24N2O7/c1-14-10-22(28)33-20-12-17(8-9-18(14)20)32-13-21(27)25-15(2)23(29)26-19(24(30)31)11-16-6-4-3-5-7-16/h3-10,12,15,19H,11,13H2,1-2H3,(H,25,27)(H,26,29)(H,30,31)/t15-,19-/m0/s1. The molecular formula is C24H24N2O7. The van der Waals surface area contributed by atoms with Gasteiger partial charge in [0, 0.05) is 23.9 Å². The van der Waals surface area contributed by atoms with E-state index in [4.69, 9.17) is 9.15 Å². The maximum absolute atomic E-state index is 12.4. The number of ether oxygens (including phenoxy) is 1. The molecule has 0 saturated heterocycles. The van der Waals surface area contributed by atoms with Gasteiger partial charge in [0.2, 0.25) is 5.91 Å². The summed E-state index contributed by atoms with van der Waals surface area (Å²) in [6.45, 7) is 2.85. The van der Waals surface area contributed by atoms with Crippen LogP contribution in [0, 0.1) is 6.92 Å². The Morgan fingerprint density at radius 1 is 1.06 bits per heavy atom. The van der Waals surface area contributed by atoms with E-state index in [1.54, 1.807) is 43.3 Å². The molecule has 2 aromatic carbocycles. The van der Waals surface area contributed by atoms with Crippen molar-refractivity contribution in [1.29, 1.82) is 0 Å². The average Bonchev–Trinajstić information content (AvgIpc) is 2.77. The number of amides is 2. The normalized spacial score (nSPS) is 12.5. The van der Waals surface area contributed by atoms with E-state index in [-0.39, 0.29) is 13.0 Å². The Labute approximate surface area is 189 Å². The van der Waals surface area contributed by atoms with Gasteiger partial charge in [-0.1, -0.05) is 30.3 Å². The Kier molecular flexibility index (Phi) is 7.45. The van der Waals surface area contributed by atoms with Crippen LogP contribution in [0.3, 0.4) is 0 Å². The fourth-order valence-electron chi connectivity index (χ4n) is 3.24. The summed E-state index contributed by atoms with van der Waals surface area (Å²) in [7, 11) is 0. The van der Waals surface area contributed by atoms with Crippen LogP contribution in [-0.2, 0) is 20.8 Å². The number of carboxylic acid groups (broad SMARTS) is 1. The van der Waals surface area contributed by atoms with Crippen molar-refractivity contribution in [3.8, 4) is 5.75 Å². The number of aryl methyl sites for hydroxylation is 1. The highest BCUT2D eigenvalue weighted by Crippen LogP contribution is 2.22. The lowest BCUT2D eigenvalue weighted by molar-refractivity contribution is -0.142. The molecule has 0 aliphatic rings. The largest absolute Gasteiger partial charge is 0.484 e.